The summed E-state index contributed by atoms with van der Waals surface area (Å²) >= 11 is 0. The van der Waals surface area contributed by atoms with E-state index in [-0.39, 0.29) is 0 Å². The van der Waals surface area contributed by atoms with E-state index in [1.165, 1.54) is 5.56 Å². The molecular weight excluding hydrogens is 226 g/mol. The second kappa shape index (κ2) is 5.37. The topological polar surface area (TPSA) is 50.8 Å². The number of ether oxygens (including phenoxy) is 1. The lowest BCUT2D eigenvalue weighted by Gasteiger charge is -2.03. The summed E-state index contributed by atoms with van der Waals surface area (Å²) in [5, 5.41) is 9.03. The van der Waals surface area contributed by atoms with Gasteiger partial charge in [0, 0.05) is 7.05 Å². The molecule has 92 valence electrons. The first-order chi connectivity index (χ1) is 8.74. The van der Waals surface area contributed by atoms with Crippen LogP contribution in [-0.4, -0.2) is 16.7 Å². The first-order valence-corrected chi connectivity index (χ1v) is 5.78. The van der Waals surface area contributed by atoms with Crippen molar-refractivity contribution in [3.8, 4) is 11.8 Å². The van der Waals surface area contributed by atoms with Crippen molar-refractivity contribution in [1.29, 1.82) is 5.26 Å². The summed E-state index contributed by atoms with van der Waals surface area (Å²) in [6, 6.07) is 10.1. The summed E-state index contributed by atoms with van der Waals surface area (Å²) < 4.78 is 6.87. The number of aromatic nitrogens is 2. The van der Waals surface area contributed by atoms with Crippen LogP contribution in [0.15, 0.2) is 30.6 Å². The first kappa shape index (κ1) is 12.2. The molecule has 0 amide bonds. The Kier molecular flexibility index (Phi) is 3.63. The highest BCUT2D eigenvalue weighted by atomic mass is 16.5. The minimum atomic E-state index is 0.642. The Labute approximate surface area is 106 Å². The number of nitriles is 1. The predicted octanol–water partition coefficient (Wildman–Crippen LogP) is 2.09. The zero-order valence-electron chi connectivity index (χ0n) is 10.6. The molecule has 0 atom stereocenters. The molecule has 2 rings (SSSR count). The third kappa shape index (κ3) is 2.51. The van der Waals surface area contributed by atoms with E-state index in [1.807, 2.05) is 31.3 Å². The summed E-state index contributed by atoms with van der Waals surface area (Å²) in [5.74, 6) is 0.856. The van der Waals surface area contributed by atoms with Crippen LogP contribution in [0, 0.1) is 11.3 Å². The van der Waals surface area contributed by atoms with Gasteiger partial charge in [-0.05, 0) is 30.5 Å². The van der Waals surface area contributed by atoms with Gasteiger partial charge in [0.2, 0.25) is 0 Å². The normalized spacial score (nSPS) is 10.1. The van der Waals surface area contributed by atoms with Gasteiger partial charge in [-0.1, -0.05) is 12.1 Å². The van der Waals surface area contributed by atoms with Gasteiger partial charge in [-0.25, -0.2) is 4.98 Å². The standard InChI is InChI=1S/C14H15N3O/c1-17-10-16-13(14(17)9-15)8-5-11-3-6-12(18-2)7-4-11/h3-4,6-7,10H,5,8H2,1-2H3. The third-order valence-corrected chi connectivity index (χ3v) is 2.93. The van der Waals surface area contributed by atoms with Gasteiger partial charge in [-0.3, -0.25) is 0 Å². The van der Waals surface area contributed by atoms with Gasteiger partial charge in [0.05, 0.1) is 19.1 Å². The van der Waals surface area contributed by atoms with Crippen molar-refractivity contribution in [2.45, 2.75) is 12.8 Å². The van der Waals surface area contributed by atoms with E-state index in [2.05, 4.69) is 11.1 Å². The van der Waals surface area contributed by atoms with E-state index in [0.29, 0.717) is 5.69 Å². The number of nitrogens with zero attached hydrogens (tertiary/aromatic N) is 3. The minimum Gasteiger partial charge on any atom is -0.497 e. The maximum absolute atomic E-state index is 9.03. The molecule has 0 spiro atoms. The molecule has 0 aliphatic heterocycles. The van der Waals surface area contributed by atoms with Crippen molar-refractivity contribution in [2.75, 3.05) is 7.11 Å². The van der Waals surface area contributed by atoms with Crippen molar-refractivity contribution in [3.05, 3.63) is 47.5 Å². The van der Waals surface area contributed by atoms with Crippen LogP contribution in [0.5, 0.6) is 5.75 Å². The fourth-order valence-electron chi connectivity index (χ4n) is 1.86. The molecule has 1 aromatic heterocycles. The molecule has 0 fully saturated rings. The average molecular weight is 241 g/mol. The van der Waals surface area contributed by atoms with Crippen LogP contribution in [0.4, 0.5) is 0 Å². The van der Waals surface area contributed by atoms with E-state index in [0.717, 1.165) is 24.3 Å². The van der Waals surface area contributed by atoms with Crippen molar-refractivity contribution in [2.24, 2.45) is 7.05 Å². The Morgan fingerprint density at radius 1 is 1.28 bits per heavy atom. The largest absolute Gasteiger partial charge is 0.497 e. The highest BCUT2D eigenvalue weighted by Gasteiger charge is 2.07. The molecule has 1 heterocycles. The molecule has 0 radical (unpaired) electrons. The van der Waals surface area contributed by atoms with E-state index in [9.17, 15) is 0 Å². The van der Waals surface area contributed by atoms with Gasteiger partial charge in [-0.15, -0.1) is 0 Å². The smallest absolute Gasteiger partial charge is 0.142 e. The lowest BCUT2D eigenvalue weighted by atomic mass is 10.1. The monoisotopic (exact) mass is 241 g/mol. The molecular formula is C14H15N3O. The maximum atomic E-state index is 9.03. The average Bonchev–Trinajstić information content (AvgIpc) is 2.77. The Hall–Kier alpha value is -2.28. The van der Waals surface area contributed by atoms with E-state index in [1.54, 1.807) is 18.0 Å². The SMILES string of the molecule is COc1ccc(CCc2ncn(C)c2C#N)cc1. The second-order valence-electron chi connectivity index (χ2n) is 4.11. The quantitative estimate of drug-likeness (QED) is 0.823. The molecule has 0 bridgehead atoms. The van der Waals surface area contributed by atoms with Crippen LogP contribution >= 0.6 is 0 Å². The van der Waals surface area contributed by atoms with E-state index < -0.39 is 0 Å². The van der Waals surface area contributed by atoms with Crippen LogP contribution in [-0.2, 0) is 19.9 Å². The lowest BCUT2D eigenvalue weighted by Crippen LogP contribution is -1.97. The zero-order valence-corrected chi connectivity index (χ0v) is 10.6. The Morgan fingerprint density at radius 3 is 2.61 bits per heavy atom. The second-order valence-corrected chi connectivity index (χ2v) is 4.11. The molecule has 0 aliphatic carbocycles. The summed E-state index contributed by atoms with van der Waals surface area (Å²) in [4.78, 5) is 4.25. The third-order valence-electron chi connectivity index (χ3n) is 2.93. The summed E-state index contributed by atoms with van der Waals surface area (Å²) in [7, 11) is 3.49. The number of imidazole rings is 1. The van der Waals surface area contributed by atoms with Gasteiger partial charge in [-0.2, -0.15) is 5.26 Å². The van der Waals surface area contributed by atoms with Crippen LogP contribution < -0.4 is 4.74 Å². The molecule has 1 aromatic carbocycles. The Balaban J connectivity index is 2.04. The van der Waals surface area contributed by atoms with Crippen molar-refractivity contribution in [3.63, 3.8) is 0 Å². The van der Waals surface area contributed by atoms with Gasteiger partial charge >= 0.3 is 0 Å². The Bertz CT molecular complexity index is 564. The zero-order chi connectivity index (χ0) is 13.0. The fourth-order valence-corrected chi connectivity index (χ4v) is 1.86. The number of rotatable bonds is 4. The van der Waals surface area contributed by atoms with Crippen LogP contribution in [0.2, 0.25) is 0 Å². The van der Waals surface area contributed by atoms with E-state index in [4.69, 9.17) is 10.00 Å². The molecule has 2 aromatic rings. The molecule has 18 heavy (non-hydrogen) atoms. The van der Waals surface area contributed by atoms with Crippen LogP contribution in [0.3, 0.4) is 0 Å². The van der Waals surface area contributed by atoms with Crippen molar-refractivity contribution < 1.29 is 4.74 Å². The van der Waals surface area contributed by atoms with Crippen LogP contribution in [0.25, 0.3) is 0 Å². The number of hydrogen-bond acceptors (Lipinski definition) is 3. The van der Waals surface area contributed by atoms with E-state index >= 15 is 0 Å². The molecule has 0 unspecified atom stereocenters. The Morgan fingerprint density at radius 2 is 2.00 bits per heavy atom. The maximum Gasteiger partial charge on any atom is 0.142 e. The van der Waals surface area contributed by atoms with Gasteiger partial charge in [0.25, 0.3) is 0 Å². The van der Waals surface area contributed by atoms with Crippen molar-refractivity contribution in [1.82, 2.24) is 9.55 Å². The molecule has 4 nitrogen and oxygen atoms in total. The number of benzene rings is 1. The molecule has 4 heteroatoms. The molecule has 0 N–H and O–H groups in total. The number of hydrogen-bond donors (Lipinski definition) is 0. The minimum absolute atomic E-state index is 0.642. The molecule has 0 saturated heterocycles. The summed E-state index contributed by atoms with van der Waals surface area (Å²) in [5.41, 5.74) is 2.71. The lowest BCUT2D eigenvalue weighted by molar-refractivity contribution is 0.414. The first-order valence-electron chi connectivity index (χ1n) is 5.78. The number of aryl methyl sites for hydroxylation is 3. The summed E-state index contributed by atoms with van der Waals surface area (Å²) in [6.07, 6.45) is 3.33. The molecule has 0 aliphatic rings. The summed E-state index contributed by atoms with van der Waals surface area (Å²) in [6.45, 7) is 0. The van der Waals surface area contributed by atoms with Gasteiger partial charge < -0.3 is 9.30 Å². The number of methoxy groups -OCH3 is 1. The van der Waals surface area contributed by atoms with Gasteiger partial charge in [0.1, 0.15) is 17.5 Å². The predicted molar refractivity (Wildman–Crippen MR) is 68.3 cm³/mol. The fraction of sp³-hybridized carbons (Fsp3) is 0.286. The van der Waals surface area contributed by atoms with Crippen molar-refractivity contribution >= 4 is 0 Å². The van der Waals surface area contributed by atoms with Gasteiger partial charge in [0.15, 0.2) is 0 Å². The highest BCUT2D eigenvalue weighted by Crippen LogP contribution is 2.14. The molecule has 0 saturated carbocycles. The highest BCUT2D eigenvalue weighted by molar-refractivity contribution is 5.30. The van der Waals surface area contributed by atoms with Crippen LogP contribution in [0.1, 0.15) is 17.0 Å².